The summed E-state index contributed by atoms with van der Waals surface area (Å²) in [6.45, 7) is -2.86. The van der Waals surface area contributed by atoms with Gasteiger partial charge in [-0.2, -0.15) is 8.78 Å². The molecule has 2 rings (SSSR count). The van der Waals surface area contributed by atoms with Crippen LogP contribution in [-0.2, 0) is 17.0 Å². The average molecular weight is 331 g/mol. The smallest absolute Gasteiger partial charge is 0.387 e. The largest absolute Gasteiger partial charge is 0.481 e. The summed E-state index contributed by atoms with van der Waals surface area (Å²) in [5.41, 5.74) is 1.13. The zero-order valence-electron chi connectivity index (χ0n) is 10.7. The first-order valence-corrected chi connectivity index (χ1v) is 7.73. The molecule has 0 saturated carbocycles. The number of benzene rings is 1. The van der Waals surface area contributed by atoms with E-state index in [1.165, 1.54) is 29.2 Å². The first-order valence-electron chi connectivity index (χ1n) is 5.86. The number of carbonyl (C=O) groups is 1. The highest BCUT2D eigenvalue weighted by atomic mass is 32.2. The van der Waals surface area contributed by atoms with Crippen LogP contribution in [0.3, 0.4) is 0 Å². The van der Waals surface area contributed by atoms with E-state index in [9.17, 15) is 13.6 Å². The third-order valence-corrected chi connectivity index (χ3v) is 4.52. The Labute approximate surface area is 127 Å². The van der Waals surface area contributed by atoms with Crippen LogP contribution in [0.25, 0.3) is 0 Å². The summed E-state index contributed by atoms with van der Waals surface area (Å²) >= 11 is 2.68. The number of thiazole rings is 1. The number of carboxylic acids is 1. The summed E-state index contributed by atoms with van der Waals surface area (Å²) in [5.74, 6) is -0.377. The fraction of sp³-hybridized carbons (Fsp3) is 0.231. The molecule has 1 aromatic heterocycles. The molecule has 0 amide bonds. The van der Waals surface area contributed by atoms with Crippen molar-refractivity contribution in [2.45, 2.75) is 23.1 Å². The van der Waals surface area contributed by atoms with Crippen molar-refractivity contribution in [3.05, 3.63) is 40.9 Å². The number of ether oxygens (including phenoxy) is 1. The molecule has 0 unspecified atom stereocenters. The predicted molar refractivity (Wildman–Crippen MR) is 76.1 cm³/mol. The lowest BCUT2D eigenvalue weighted by molar-refractivity contribution is -0.136. The molecule has 0 aliphatic heterocycles. The van der Waals surface area contributed by atoms with Gasteiger partial charge in [-0.25, -0.2) is 4.98 Å². The highest BCUT2D eigenvalue weighted by Gasteiger charge is 2.11. The van der Waals surface area contributed by atoms with Gasteiger partial charge in [0.2, 0.25) is 0 Å². The predicted octanol–water partition coefficient (Wildman–Crippen LogP) is 3.66. The number of aliphatic carboxylic acids is 1. The number of aromatic nitrogens is 1. The van der Waals surface area contributed by atoms with Crippen molar-refractivity contribution >= 4 is 29.1 Å². The number of thioether (sulfide) groups is 1. The number of hydrogen-bond donors (Lipinski definition) is 1. The zero-order chi connectivity index (χ0) is 15.2. The average Bonchev–Trinajstić information content (AvgIpc) is 2.84. The lowest BCUT2D eigenvalue weighted by Gasteiger charge is -2.09. The minimum absolute atomic E-state index is 0.123. The summed E-state index contributed by atoms with van der Waals surface area (Å²) in [6.07, 6.45) is -0.123. The highest BCUT2D eigenvalue weighted by Crippen LogP contribution is 2.30. The van der Waals surface area contributed by atoms with Crippen molar-refractivity contribution in [1.82, 2.24) is 4.98 Å². The fourth-order valence-corrected chi connectivity index (χ4v) is 3.40. The molecule has 1 N–H and O–H groups in total. The molecule has 8 heteroatoms. The van der Waals surface area contributed by atoms with Crippen LogP contribution in [-0.4, -0.2) is 22.7 Å². The molecular weight excluding hydrogens is 320 g/mol. The monoisotopic (exact) mass is 331 g/mol. The minimum Gasteiger partial charge on any atom is -0.481 e. The van der Waals surface area contributed by atoms with Crippen LogP contribution < -0.4 is 4.74 Å². The van der Waals surface area contributed by atoms with Crippen LogP contribution >= 0.6 is 23.1 Å². The Balaban J connectivity index is 1.99. The molecule has 0 saturated heterocycles. The quantitative estimate of drug-likeness (QED) is 0.785. The van der Waals surface area contributed by atoms with Gasteiger partial charge in [0.05, 0.1) is 12.1 Å². The third-order valence-electron chi connectivity index (χ3n) is 2.40. The molecule has 112 valence electrons. The maximum Gasteiger partial charge on any atom is 0.387 e. The molecule has 0 aliphatic carbocycles. The van der Waals surface area contributed by atoms with E-state index < -0.39 is 12.6 Å². The van der Waals surface area contributed by atoms with Gasteiger partial charge in [0, 0.05) is 16.7 Å². The third kappa shape index (κ3) is 4.98. The Morgan fingerprint density at radius 1 is 1.43 bits per heavy atom. The number of alkyl halides is 2. The standard InChI is InChI=1S/C13H11F2NO3S2/c14-12(15)19-10-4-2-1-3-8(10)6-20-13-16-9(7-21-13)5-11(17)18/h1-4,7,12H,5-6H2,(H,17,18). The second-order valence-electron chi connectivity index (χ2n) is 3.95. The molecule has 0 atom stereocenters. The minimum atomic E-state index is -2.86. The molecule has 0 aliphatic rings. The number of para-hydroxylation sites is 1. The second kappa shape index (κ2) is 7.37. The topological polar surface area (TPSA) is 59.4 Å². The van der Waals surface area contributed by atoms with E-state index in [0.717, 1.165) is 0 Å². The van der Waals surface area contributed by atoms with Gasteiger partial charge < -0.3 is 9.84 Å². The van der Waals surface area contributed by atoms with E-state index in [1.807, 2.05) is 0 Å². The van der Waals surface area contributed by atoms with Gasteiger partial charge in [-0.3, -0.25) is 4.79 Å². The molecule has 0 fully saturated rings. The van der Waals surface area contributed by atoms with Gasteiger partial charge in [-0.05, 0) is 6.07 Å². The van der Waals surface area contributed by atoms with Crippen molar-refractivity contribution in [1.29, 1.82) is 0 Å². The lowest BCUT2D eigenvalue weighted by atomic mass is 10.2. The van der Waals surface area contributed by atoms with Crippen LogP contribution in [0, 0.1) is 0 Å². The zero-order valence-corrected chi connectivity index (χ0v) is 12.3. The van der Waals surface area contributed by atoms with Crippen LogP contribution in [0.15, 0.2) is 34.0 Å². The maximum atomic E-state index is 12.3. The SMILES string of the molecule is O=C(O)Cc1csc(SCc2ccccc2OC(F)F)n1. The summed E-state index contributed by atoms with van der Waals surface area (Å²) in [4.78, 5) is 14.7. The molecule has 4 nitrogen and oxygen atoms in total. The fourth-order valence-electron chi connectivity index (χ4n) is 1.56. The summed E-state index contributed by atoms with van der Waals surface area (Å²) in [7, 11) is 0. The summed E-state index contributed by atoms with van der Waals surface area (Å²) in [6, 6.07) is 6.56. The van der Waals surface area contributed by atoms with E-state index in [4.69, 9.17) is 5.11 Å². The first-order chi connectivity index (χ1) is 10.0. The van der Waals surface area contributed by atoms with Gasteiger partial charge in [-0.1, -0.05) is 30.0 Å². The number of hydrogen-bond acceptors (Lipinski definition) is 5. The molecule has 0 bridgehead atoms. The number of halogens is 2. The van der Waals surface area contributed by atoms with E-state index in [2.05, 4.69) is 9.72 Å². The summed E-state index contributed by atoms with van der Waals surface area (Å²) < 4.78 is 29.7. The van der Waals surface area contributed by atoms with Crippen molar-refractivity contribution < 1.29 is 23.4 Å². The van der Waals surface area contributed by atoms with E-state index >= 15 is 0 Å². The number of carboxylic acid groups (broad SMARTS) is 1. The van der Waals surface area contributed by atoms with Crippen molar-refractivity contribution in [2.75, 3.05) is 0 Å². The molecule has 1 aromatic carbocycles. The summed E-state index contributed by atoms with van der Waals surface area (Å²) in [5, 5.41) is 10.4. The van der Waals surface area contributed by atoms with Crippen LogP contribution in [0.5, 0.6) is 5.75 Å². The van der Waals surface area contributed by atoms with Gasteiger partial charge in [0.1, 0.15) is 10.1 Å². The van der Waals surface area contributed by atoms with Gasteiger partial charge >= 0.3 is 12.6 Å². The van der Waals surface area contributed by atoms with Crippen LogP contribution in [0.4, 0.5) is 8.78 Å². The van der Waals surface area contributed by atoms with E-state index in [0.29, 0.717) is 21.3 Å². The van der Waals surface area contributed by atoms with Gasteiger partial charge in [-0.15, -0.1) is 11.3 Å². The Morgan fingerprint density at radius 3 is 2.90 bits per heavy atom. The van der Waals surface area contributed by atoms with Crippen LogP contribution in [0.1, 0.15) is 11.3 Å². The molecule has 2 aromatic rings. The molecule has 0 radical (unpaired) electrons. The number of rotatable bonds is 7. The first kappa shape index (κ1) is 15.7. The van der Waals surface area contributed by atoms with Gasteiger partial charge in [0.15, 0.2) is 0 Å². The van der Waals surface area contributed by atoms with E-state index in [1.54, 1.807) is 23.6 Å². The maximum absolute atomic E-state index is 12.3. The van der Waals surface area contributed by atoms with Crippen LogP contribution in [0.2, 0.25) is 0 Å². The Morgan fingerprint density at radius 2 is 2.19 bits per heavy atom. The highest BCUT2D eigenvalue weighted by molar-refractivity contribution is 8.00. The van der Waals surface area contributed by atoms with Crippen molar-refractivity contribution in [2.24, 2.45) is 0 Å². The normalized spacial score (nSPS) is 10.8. The Bertz CT molecular complexity index is 619. The second-order valence-corrected chi connectivity index (χ2v) is 6.03. The molecular formula is C13H11F2NO3S2. The Kier molecular flexibility index (Phi) is 5.51. The van der Waals surface area contributed by atoms with Crippen molar-refractivity contribution in [3.63, 3.8) is 0 Å². The van der Waals surface area contributed by atoms with Crippen molar-refractivity contribution in [3.8, 4) is 5.75 Å². The van der Waals surface area contributed by atoms with E-state index in [-0.39, 0.29) is 12.2 Å². The van der Waals surface area contributed by atoms with Gasteiger partial charge in [0.25, 0.3) is 0 Å². The molecule has 21 heavy (non-hydrogen) atoms. The lowest BCUT2D eigenvalue weighted by Crippen LogP contribution is -2.03. The molecule has 1 heterocycles. The molecule has 0 spiro atoms. The number of nitrogens with zero attached hydrogens (tertiary/aromatic N) is 1. The Hall–Kier alpha value is -1.67.